The molecule has 2 aliphatic carbocycles. The fourth-order valence-electron chi connectivity index (χ4n) is 6.24. The number of ether oxygens (including phenoxy) is 4. The number of phenolic OH excluding ortho intramolecular Hbond substituents is 1. The summed E-state index contributed by atoms with van der Waals surface area (Å²) in [6.45, 7) is 11.7. The van der Waals surface area contributed by atoms with Crippen molar-refractivity contribution in [2.24, 2.45) is 17.8 Å². The van der Waals surface area contributed by atoms with Crippen LogP contribution in [0.15, 0.2) is 60.7 Å². The molecule has 5 N–H and O–H groups in total. The number of hydrogen-bond donors (Lipinski definition) is 5. The zero-order valence-electron chi connectivity index (χ0n) is 21.8. The van der Waals surface area contributed by atoms with E-state index < -0.39 is 79.4 Å². The number of aromatic hydroxyl groups is 1. The number of aliphatic hydroxyl groups excluding tert-OH is 4. The molecule has 11 nitrogen and oxygen atoms in total. The highest BCUT2D eigenvalue weighted by molar-refractivity contribution is 5.91. The van der Waals surface area contributed by atoms with E-state index in [1.165, 1.54) is 12.1 Å². The van der Waals surface area contributed by atoms with Crippen molar-refractivity contribution in [2.75, 3.05) is 6.61 Å². The zero-order valence-corrected chi connectivity index (χ0v) is 21.8. The SMILES string of the molecule is C=C1C(=O)O[C@@H]2[C@H]3C(=C)[C@@H](O[C@@H]4O[C@H](COC(=O)Cc5ccc(O)cc5)[C@@H](O)[C@H](O)[C@H]4O)C[C@H]3C(=C)C[C@H](O)[C@@H]12. The molecule has 0 amide bonds. The smallest absolute Gasteiger partial charge is 0.334 e. The topological polar surface area (TPSA) is 172 Å². The molecule has 11 atom stereocenters. The lowest BCUT2D eigenvalue weighted by atomic mass is 9.81. The summed E-state index contributed by atoms with van der Waals surface area (Å²) in [5.74, 6) is -2.37. The van der Waals surface area contributed by atoms with Gasteiger partial charge in [-0.1, -0.05) is 37.4 Å². The van der Waals surface area contributed by atoms with Crippen molar-refractivity contribution >= 4 is 11.9 Å². The second-order valence-electron chi connectivity index (χ2n) is 11.0. The number of benzene rings is 1. The summed E-state index contributed by atoms with van der Waals surface area (Å²) in [5.41, 5.74) is 2.12. The molecule has 0 bridgehead atoms. The quantitative estimate of drug-likeness (QED) is 0.184. The van der Waals surface area contributed by atoms with Gasteiger partial charge in [-0.05, 0) is 42.0 Å². The van der Waals surface area contributed by atoms with Crippen LogP contribution in [-0.4, -0.2) is 93.1 Å². The Balaban J connectivity index is 1.25. The predicted octanol–water partition coefficient (Wildman–Crippen LogP) is 0.282. The minimum absolute atomic E-state index is 0.0608. The van der Waals surface area contributed by atoms with E-state index in [4.69, 9.17) is 18.9 Å². The second kappa shape index (κ2) is 11.1. The molecule has 0 aromatic heterocycles. The summed E-state index contributed by atoms with van der Waals surface area (Å²) in [4.78, 5) is 24.6. The van der Waals surface area contributed by atoms with Crippen molar-refractivity contribution in [3.63, 3.8) is 0 Å². The highest BCUT2D eigenvalue weighted by Crippen LogP contribution is 2.53. The molecular formula is C29H34O11. The van der Waals surface area contributed by atoms with Gasteiger partial charge in [-0.15, -0.1) is 0 Å². The van der Waals surface area contributed by atoms with Gasteiger partial charge >= 0.3 is 11.9 Å². The van der Waals surface area contributed by atoms with Gasteiger partial charge in [0.25, 0.3) is 0 Å². The third kappa shape index (κ3) is 5.20. The molecule has 2 heterocycles. The average Bonchev–Trinajstić information content (AvgIpc) is 3.36. The first-order valence-electron chi connectivity index (χ1n) is 13.2. The number of fused-ring (bicyclic) bond motifs is 3. The van der Waals surface area contributed by atoms with Crippen molar-refractivity contribution in [2.45, 2.75) is 68.3 Å². The summed E-state index contributed by atoms with van der Waals surface area (Å²) in [6.07, 6.45) is -9.11. The third-order valence-corrected chi connectivity index (χ3v) is 8.43. The standard InChI is InChI=1S/C29H34O11/c1-12-8-18(31)23-14(3)28(36)40-27(23)22-13(2)19(10-17(12)22)38-29-26(35)25(34)24(33)20(39-29)11-37-21(32)9-15-4-6-16(30)7-5-15/h4-7,17-20,22-27,29-31,33-35H,1-3,8-11H2/t17-,18-,19-,20+,22-,23+,24+,25-,26+,27+,29+/m0/s1. The summed E-state index contributed by atoms with van der Waals surface area (Å²) >= 11 is 0. The molecule has 5 rings (SSSR count). The van der Waals surface area contributed by atoms with E-state index in [0.29, 0.717) is 17.6 Å². The fraction of sp³-hybridized carbons (Fsp3) is 0.517. The van der Waals surface area contributed by atoms with Crippen molar-refractivity contribution in [3.05, 3.63) is 66.3 Å². The second-order valence-corrected chi connectivity index (χ2v) is 11.0. The molecule has 4 aliphatic rings. The van der Waals surface area contributed by atoms with E-state index >= 15 is 0 Å². The minimum atomic E-state index is -1.65. The molecule has 0 radical (unpaired) electrons. The summed E-state index contributed by atoms with van der Waals surface area (Å²) in [7, 11) is 0. The van der Waals surface area contributed by atoms with Crippen LogP contribution in [-0.2, 0) is 35.0 Å². The Bertz CT molecular complexity index is 1190. The summed E-state index contributed by atoms with van der Waals surface area (Å²) < 4.78 is 22.7. The Hall–Kier alpha value is -3.06. The van der Waals surface area contributed by atoms with Gasteiger partial charge in [0.1, 0.15) is 42.9 Å². The van der Waals surface area contributed by atoms with E-state index in [2.05, 4.69) is 19.7 Å². The number of phenols is 1. The number of hydrogen-bond acceptors (Lipinski definition) is 11. The highest BCUT2D eigenvalue weighted by Gasteiger charge is 2.57. The van der Waals surface area contributed by atoms with E-state index in [9.17, 15) is 35.1 Å². The Labute approximate surface area is 230 Å². The molecule has 2 saturated carbocycles. The molecule has 40 heavy (non-hydrogen) atoms. The van der Waals surface area contributed by atoms with E-state index in [-0.39, 0.29) is 30.1 Å². The lowest BCUT2D eigenvalue weighted by molar-refractivity contribution is -0.308. The Kier molecular flexibility index (Phi) is 7.88. The van der Waals surface area contributed by atoms with Crippen molar-refractivity contribution in [3.8, 4) is 5.75 Å². The number of carbonyl (C=O) groups excluding carboxylic acids is 2. The maximum absolute atomic E-state index is 12.3. The molecule has 0 unspecified atom stereocenters. The van der Waals surface area contributed by atoms with Crippen molar-refractivity contribution in [1.29, 1.82) is 0 Å². The Morgan fingerprint density at radius 2 is 1.70 bits per heavy atom. The van der Waals surface area contributed by atoms with Gasteiger partial charge in [0, 0.05) is 11.5 Å². The van der Waals surface area contributed by atoms with E-state index in [1.54, 1.807) is 12.1 Å². The number of aliphatic hydroxyl groups is 4. The highest BCUT2D eigenvalue weighted by atomic mass is 16.7. The monoisotopic (exact) mass is 558 g/mol. The first-order valence-corrected chi connectivity index (χ1v) is 13.2. The van der Waals surface area contributed by atoms with Gasteiger partial charge in [-0.3, -0.25) is 4.79 Å². The first kappa shape index (κ1) is 28.5. The van der Waals surface area contributed by atoms with Gasteiger partial charge in [-0.25, -0.2) is 4.79 Å². The molecule has 2 saturated heterocycles. The Morgan fingerprint density at radius 1 is 1.00 bits per heavy atom. The van der Waals surface area contributed by atoms with Gasteiger partial charge in [-0.2, -0.15) is 0 Å². The van der Waals surface area contributed by atoms with Crippen LogP contribution >= 0.6 is 0 Å². The lowest BCUT2D eigenvalue weighted by Gasteiger charge is -2.41. The van der Waals surface area contributed by atoms with Crippen LogP contribution < -0.4 is 0 Å². The largest absolute Gasteiger partial charge is 0.508 e. The summed E-state index contributed by atoms with van der Waals surface area (Å²) in [5, 5.41) is 51.7. The molecular weight excluding hydrogens is 524 g/mol. The van der Waals surface area contributed by atoms with E-state index in [0.717, 1.165) is 5.57 Å². The van der Waals surface area contributed by atoms with Gasteiger partial charge in [0.05, 0.1) is 24.5 Å². The molecule has 4 fully saturated rings. The van der Waals surface area contributed by atoms with Crippen LogP contribution in [0.25, 0.3) is 0 Å². The maximum Gasteiger partial charge on any atom is 0.334 e. The molecule has 2 aliphatic heterocycles. The third-order valence-electron chi connectivity index (χ3n) is 8.43. The van der Waals surface area contributed by atoms with Gasteiger partial charge in [0.15, 0.2) is 6.29 Å². The van der Waals surface area contributed by atoms with Crippen LogP contribution in [0.1, 0.15) is 18.4 Å². The fourth-order valence-corrected chi connectivity index (χ4v) is 6.24. The molecule has 11 heteroatoms. The maximum atomic E-state index is 12.3. The number of rotatable bonds is 6. The average molecular weight is 559 g/mol. The van der Waals surface area contributed by atoms with Crippen LogP contribution in [0, 0.1) is 17.8 Å². The van der Waals surface area contributed by atoms with Crippen LogP contribution in [0.4, 0.5) is 0 Å². The summed E-state index contributed by atoms with van der Waals surface area (Å²) in [6, 6.07) is 6.02. The predicted molar refractivity (Wildman–Crippen MR) is 137 cm³/mol. The number of carbonyl (C=O) groups is 2. The molecule has 0 spiro atoms. The van der Waals surface area contributed by atoms with Crippen molar-refractivity contribution in [1.82, 2.24) is 0 Å². The van der Waals surface area contributed by atoms with Crippen molar-refractivity contribution < 1.29 is 54.1 Å². The molecule has 1 aromatic carbocycles. The van der Waals surface area contributed by atoms with Crippen LogP contribution in [0.3, 0.4) is 0 Å². The number of esters is 2. The Morgan fingerprint density at radius 3 is 2.40 bits per heavy atom. The minimum Gasteiger partial charge on any atom is -0.508 e. The van der Waals surface area contributed by atoms with E-state index in [1.807, 2.05) is 0 Å². The van der Waals surface area contributed by atoms with Gasteiger partial charge in [0.2, 0.25) is 0 Å². The molecule has 1 aromatic rings. The lowest BCUT2D eigenvalue weighted by Crippen LogP contribution is -2.60. The van der Waals surface area contributed by atoms with Crippen LogP contribution in [0.2, 0.25) is 0 Å². The first-order chi connectivity index (χ1) is 19.0. The zero-order chi connectivity index (χ0) is 28.9. The normalized spacial score (nSPS) is 39.4. The molecule has 216 valence electrons. The van der Waals surface area contributed by atoms with Crippen LogP contribution in [0.5, 0.6) is 5.75 Å². The van der Waals surface area contributed by atoms with Gasteiger partial charge < -0.3 is 44.5 Å².